The summed E-state index contributed by atoms with van der Waals surface area (Å²) < 4.78 is 19.2. The lowest BCUT2D eigenvalue weighted by Crippen LogP contribution is -2.52. The van der Waals surface area contributed by atoms with Crippen LogP contribution in [0.2, 0.25) is 0 Å². The molecule has 2 aromatic rings. The molecule has 0 amide bonds. The molecule has 33 heavy (non-hydrogen) atoms. The molecule has 1 fully saturated rings. The fraction of sp³-hybridized carbons (Fsp3) is 0.542. The molecule has 0 saturated carbocycles. The molecule has 3 atom stereocenters. The van der Waals surface area contributed by atoms with Crippen LogP contribution in [0, 0.1) is 5.82 Å². The molecule has 4 rings (SSSR count). The summed E-state index contributed by atoms with van der Waals surface area (Å²) in [4.78, 5) is 15.9. The van der Waals surface area contributed by atoms with Gasteiger partial charge in [-0.05, 0) is 63.6 Å². The van der Waals surface area contributed by atoms with E-state index in [4.69, 9.17) is 15.5 Å². The maximum atomic E-state index is 14.2. The van der Waals surface area contributed by atoms with E-state index in [1.165, 1.54) is 19.6 Å². The average Bonchev–Trinajstić information content (AvgIpc) is 3.20. The van der Waals surface area contributed by atoms with E-state index < -0.39 is 5.82 Å². The minimum absolute atomic E-state index is 0.139. The molecule has 2 heterocycles. The lowest BCUT2D eigenvalue weighted by molar-refractivity contribution is 0.386. The van der Waals surface area contributed by atoms with Gasteiger partial charge in [-0.15, -0.1) is 0 Å². The van der Waals surface area contributed by atoms with Crippen molar-refractivity contribution in [2.75, 3.05) is 29.6 Å². The van der Waals surface area contributed by atoms with E-state index in [1.807, 2.05) is 0 Å². The molecule has 1 saturated heterocycles. The van der Waals surface area contributed by atoms with Gasteiger partial charge in [0, 0.05) is 29.9 Å². The lowest BCUT2D eigenvalue weighted by atomic mass is 9.97. The number of hydrogen-bond acceptors (Lipinski definition) is 8. The highest BCUT2D eigenvalue weighted by atomic mass is 19.1. The van der Waals surface area contributed by atoms with Crippen LogP contribution in [0.25, 0.3) is 0 Å². The Kier molecular flexibility index (Phi) is 7.59. The van der Waals surface area contributed by atoms with Gasteiger partial charge in [0.25, 0.3) is 0 Å². The van der Waals surface area contributed by atoms with Gasteiger partial charge in [-0.1, -0.05) is 19.1 Å². The number of nitrogens with zero attached hydrogens (tertiary/aromatic N) is 4. The Morgan fingerprint density at radius 1 is 1.24 bits per heavy atom. The fourth-order valence-electron chi connectivity index (χ4n) is 4.94. The number of aromatic nitrogens is 3. The maximum absolute atomic E-state index is 14.2. The summed E-state index contributed by atoms with van der Waals surface area (Å²) in [5, 5.41) is 6.75. The molecule has 1 aliphatic heterocycles. The van der Waals surface area contributed by atoms with Crippen molar-refractivity contribution in [1.82, 2.24) is 20.3 Å². The summed E-state index contributed by atoms with van der Waals surface area (Å²) in [7, 11) is 1.44. The van der Waals surface area contributed by atoms with Gasteiger partial charge < -0.3 is 26.0 Å². The zero-order chi connectivity index (χ0) is 23.2. The van der Waals surface area contributed by atoms with Crippen molar-refractivity contribution in [2.24, 2.45) is 0 Å². The number of benzene rings is 1. The lowest BCUT2D eigenvalue weighted by Gasteiger charge is -2.40. The molecule has 1 aliphatic carbocycles. The minimum Gasteiger partial charge on any atom is -0.494 e. The van der Waals surface area contributed by atoms with Crippen LogP contribution < -0.4 is 26.0 Å². The van der Waals surface area contributed by atoms with Crippen LogP contribution in [-0.2, 0) is 0 Å². The van der Waals surface area contributed by atoms with E-state index in [0.29, 0.717) is 23.6 Å². The molecule has 0 bridgehead atoms. The zero-order valence-corrected chi connectivity index (χ0v) is 19.4. The number of anilines is 4. The number of halogens is 1. The number of nitrogen functional groups attached to an aromatic ring is 1. The summed E-state index contributed by atoms with van der Waals surface area (Å²) >= 11 is 0. The summed E-state index contributed by atoms with van der Waals surface area (Å²) in [5.41, 5.74) is 6.64. The maximum Gasteiger partial charge on any atom is 0.233 e. The fourth-order valence-corrected chi connectivity index (χ4v) is 4.94. The van der Waals surface area contributed by atoms with E-state index in [2.05, 4.69) is 44.6 Å². The van der Waals surface area contributed by atoms with Crippen LogP contribution in [0.4, 0.5) is 27.9 Å². The molecule has 0 spiro atoms. The predicted molar refractivity (Wildman–Crippen MR) is 129 cm³/mol. The van der Waals surface area contributed by atoms with Gasteiger partial charge in [-0.3, -0.25) is 0 Å². The SMILES string of the molecule is CCC(C1CCCN1)N(c1nc(N)nc(Nc2ccc(OC)c(F)c2)n1)C1CC=CCCC1. The highest BCUT2D eigenvalue weighted by molar-refractivity contribution is 5.57. The normalized spacial score (nSPS) is 21.4. The Morgan fingerprint density at radius 2 is 2.12 bits per heavy atom. The van der Waals surface area contributed by atoms with Crippen LogP contribution in [0.15, 0.2) is 30.4 Å². The van der Waals surface area contributed by atoms with Crippen LogP contribution in [0.5, 0.6) is 5.75 Å². The number of methoxy groups -OCH3 is 1. The second kappa shape index (κ2) is 10.8. The van der Waals surface area contributed by atoms with Gasteiger partial charge in [0.15, 0.2) is 11.6 Å². The van der Waals surface area contributed by atoms with E-state index >= 15 is 0 Å². The summed E-state index contributed by atoms with van der Waals surface area (Å²) in [6.45, 7) is 3.25. The first-order chi connectivity index (χ1) is 16.1. The Balaban J connectivity index is 1.67. The van der Waals surface area contributed by atoms with Crippen molar-refractivity contribution in [3.63, 3.8) is 0 Å². The third-order valence-electron chi connectivity index (χ3n) is 6.49. The smallest absolute Gasteiger partial charge is 0.233 e. The molecule has 0 radical (unpaired) electrons. The highest BCUT2D eigenvalue weighted by Gasteiger charge is 2.34. The van der Waals surface area contributed by atoms with Crippen molar-refractivity contribution < 1.29 is 9.13 Å². The first kappa shape index (κ1) is 23.2. The number of nitrogens with one attached hydrogen (secondary N) is 2. The Morgan fingerprint density at radius 3 is 2.85 bits per heavy atom. The van der Waals surface area contributed by atoms with E-state index in [0.717, 1.165) is 45.1 Å². The average molecular weight is 456 g/mol. The van der Waals surface area contributed by atoms with Crippen molar-refractivity contribution in [2.45, 2.75) is 70.0 Å². The van der Waals surface area contributed by atoms with Crippen LogP contribution in [-0.4, -0.2) is 46.7 Å². The number of hydrogen-bond donors (Lipinski definition) is 3. The molecular formula is C24H34FN7O. The number of nitrogens with two attached hydrogens (primary N) is 1. The number of allylic oxidation sites excluding steroid dienone is 1. The topological polar surface area (TPSA) is 101 Å². The minimum atomic E-state index is -0.463. The summed E-state index contributed by atoms with van der Waals surface area (Å²) in [6.07, 6.45) is 12.0. The molecule has 9 heteroatoms. The first-order valence-corrected chi connectivity index (χ1v) is 11.9. The third kappa shape index (κ3) is 5.52. The molecule has 4 N–H and O–H groups in total. The van der Waals surface area contributed by atoms with Gasteiger partial charge >= 0.3 is 0 Å². The predicted octanol–water partition coefficient (Wildman–Crippen LogP) is 4.18. The molecule has 1 aromatic carbocycles. The Hall–Kier alpha value is -2.94. The highest BCUT2D eigenvalue weighted by Crippen LogP contribution is 2.30. The molecule has 3 unspecified atom stereocenters. The summed E-state index contributed by atoms with van der Waals surface area (Å²) in [5.74, 6) is 0.721. The van der Waals surface area contributed by atoms with Crippen molar-refractivity contribution >= 4 is 23.5 Å². The van der Waals surface area contributed by atoms with Crippen molar-refractivity contribution in [3.8, 4) is 5.75 Å². The number of rotatable bonds is 8. The Bertz CT molecular complexity index is 964. The van der Waals surface area contributed by atoms with Crippen LogP contribution in [0.3, 0.4) is 0 Å². The molecule has 2 aliphatic rings. The zero-order valence-electron chi connectivity index (χ0n) is 19.4. The van der Waals surface area contributed by atoms with Gasteiger partial charge in [-0.25, -0.2) is 4.39 Å². The van der Waals surface area contributed by atoms with E-state index in [-0.39, 0.29) is 23.8 Å². The van der Waals surface area contributed by atoms with Gasteiger partial charge in [0.2, 0.25) is 17.8 Å². The van der Waals surface area contributed by atoms with Gasteiger partial charge in [0.05, 0.1) is 7.11 Å². The first-order valence-electron chi connectivity index (χ1n) is 11.9. The molecule has 8 nitrogen and oxygen atoms in total. The Labute approximate surface area is 194 Å². The molecular weight excluding hydrogens is 421 g/mol. The number of ether oxygens (including phenoxy) is 1. The third-order valence-corrected chi connectivity index (χ3v) is 6.49. The van der Waals surface area contributed by atoms with Crippen molar-refractivity contribution in [3.05, 3.63) is 36.2 Å². The monoisotopic (exact) mass is 455 g/mol. The van der Waals surface area contributed by atoms with Crippen molar-refractivity contribution in [1.29, 1.82) is 0 Å². The summed E-state index contributed by atoms with van der Waals surface area (Å²) in [6, 6.07) is 5.54. The van der Waals surface area contributed by atoms with Crippen LogP contribution >= 0.6 is 0 Å². The molecule has 178 valence electrons. The standard InChI is InChI=1S/C24H34FN7O/c1-3-20(19-11-8-14-27-19)32(17-9-6-4-5-7-10-17)24-30-22(26)29-23(31-24)28-16-12-13-21(33-2)18(25)15-16/h4,6,12-13,15,17,19-20,27H,3,5,7-11,14H2,1-2H3,(H3,26,28,29,30,31). The second-order valence-electron chi connectivity index (χ2n) is 8.67. The van der Waals surface area contributed by atoms with Gasteiger partial charge in [-0.2, -0.15) is 15.0 Å². The van der Waals surface area contributed by atoms with Crippen LogP contribution in [0.1, 0.15) is 51.9 Å². The molecule has 1 aromatic heterocycles. The quantitative estimate of drug-likeness (QED) is 0.510. The largest absolute Gasteiger partial charge is 0.494 e. The van der Waals surface area contributed by atoms with E-state index in [9.17, 15) is 4.39 Å². The second-order valence-corrected chi connectivity index (χ2v) is 8.67. The van der Waals surface area contributed by atoms with E-state index in [1.54, 1.807) is 12.1 Å². The van der Waals surface area contributed by atoms with Gasteiger partial charge in [0.1, 0.15) is 0 Å².